The van der Waals surface area contributed by atoms with Gasteiger partial charge in [-0.05, 0) is 19.4 Å². The van der Waals surface area contributed by atoms with Gasteiger partial charge in [-0.1, -0.05) is 13.8 Å². The fraction of sp³-hybridized carbons (Fsp3) is 0.923. The highest BCUT2D eigenvalue weighted by Crippen LogP contribution is 2.46. The fourth-order valence-corrected chi connectivity index (χ4v) is 3.08. The Kier molecular flexibility index (Phi) is 3.79. The first kappa shape index (κ1) is 15.6. The van der Waals surface area contributed by atoms with Crippen molar-refractivity contribution in [3.8, 4) is 0 Å². The Morgan fingerprint density at radius 3 is 2.45 bits per heavy atom. The lowest BCUT2D eigenvalue weighted by Crippen LogP contribution is -2.65. The van der Waals surface area contributed by atoms with Crippen molar-refractivity contribution in [2.75, 3.05) is 20.2 Å². The van der Waals surface area contributed by atoms with Crippen LogP contribution in [-0.4, -0.2) is 44.4 Å². The molecule has 2 N–H and O–H groups in total. The molecule has 2 aliphatic rings. The van der Waals surface area contributed by atoms with E-state index in [9.17, 15) is 18.0 Å². The Morgan fingerprint density at radius 2 is 2.05 bits per heavy atom. The Labute approximate surface area is 116 Å². The van der Waals surface area contributed by atoms with E-state index in [4.69, 9.17) is 4.74 Å². The van der Waals surface area contributed by atoms with Gasteiger partial charge >= 0.3 is 6.18 Å². The van der Waals surface area contributed by atoms with Gasteiger partial charge in [0.15, 0.2) is 5.41 Å². The second kappa shape index (κ2) is 4.87. The second-order valence-corrected chi connectivity index (χ2v) is 6.31. The maximum Gasteiger partial charge on any atom is 0.404 e. The second-order valence-electron chi connectivity index (χ2n) is 6.31. The van der Waals surface area contributed by atoms with Crippen LogP contribution in [0.15, 0.2) is 0 Å². The fourth-order valence-electron chi connectivity index (χ4n) is 3.08. The molecule has 3 atom stereocenters. The first-order valence-corrected chi connectivity index (χ1v) is 6.76. The van der Waals surface area contributed by atoms with Crippen molar-refractivity contribution in [2.45, 2.75) is 45.0 Å². The normalized spacial score (nSPS) is 36.5. The number of rotatable bonds is 3. The Morgan fingerprint density at radius 1 is 1.40 bits per heavy atom. The summed E-state index contributed by atoms with van der Waals surface area (Å²) in [6.07, 6.45) is -4.22. The van der Waals surface area contributed by atoms with Crippen LogP contribution in [-0.2, 0) is 9.53 Å². The number of carbonyl (C=O) groups excluding carboxylic acids is 1. The predicted molar refractivity (Wildman–Crippen MR) is 67.1 cm³/mol. The third kappa shape index (κ3) is 2.20. The van der Waals surface area contributed by atoms with Gasteiger partial charge in [0.05, 0.1) is 6.10 Å². The molecule has 0 aromatic heterocycles. The van der Waals surface area contributed by atoms with Crippen molar-refractivity contribution in [2.24, 2.45) is 10.8 Å². The summed E-state index contributed by atoms with van der Waals surface area (Å²) in [5.74, 6) is -0.914. The molecule has 4 nitrogen and oxygen atoms in total. The molecule has 3 unspecified atom stereocenters. The Hall–Kier alpha value is -0.820. The van der Waals surface area contributed by atoms with Crippen LogP contribution in [0.5, 0.6) is 0 Å². The van der Waals surface area contributed by atoms with E-state index < -0.39 is 17.5 Å². The van der Waals surface area contributed by atoms with Crippen molar-refractivity contribution in [3.05, 3.63) is 0 Å². The number of nitrogens with one attached hydrogen (secondary N) is 2. The number of ether oxygens (including phenoxy) is 1. The van der Waals surface area contributed by atoms with E-state index in [1.807, 2.05) is 13.8 Å². The number of halogens is 3. The molecular formula is C13H21F3N2O2. The average molecular weight is 294 g/mol. The number of amides is 1. The summed E-state index contributed by atoms with van der Waals surface area (Å²) in [6, 6.07) is -0.278. The summed E-state index contributed by atoms with van der Waals surface area (Å²) in [7, 11) is 1.57. The summed E-state index contributed by atoms with van der Waals surface area (Å²) in [5.41, 5.74) is -2.63. The highest BCUT2D eigenvalue weighted by atomic mass is 19.4. The predicted octanol–water partition coefficient (Wildman–Crippen LogP) is 1.46. The van der Waals surface area contributed by atoms with Crippen LogP contribution in [0.3, 0.4) is 0 Å². The molecule has 1 aliphatic carbocycles. The summed E-state index contributed by atoms with van der Waals surface area (Å²) < 4.78 is 45.0. The maximum atomic E-state index is 13.2. The Bertz CT molecular complexity index is 390. The molecule has 2 rings (SSSR count). The van der Waals surface area contributed by atoms with Gasteiger partial charge in [0.1, 0.15) is 0 Å². The molecule has 7 heteroatoms. The van der Waals surface area contributed by atoms with Gasteiger partial charge in [0, 0.05) is 25.1 Å². The molecule has 20 heavy (non-hydrogen) atoms. The van der Waals surface area contributed by atoms with Crippen LogP contribution in [0.25, 0.3) is 0 Å². The minimum atomic E-state index is -4.53. The van der Waals surface area contributed by atoms with Gasteiger partial charge in [0.2, 0.25) is 5.91 Å². The van der Waals surface area contributed by atoms with E-state index >= 15 is 0 Å². The third-order valence-electron chi connectivity index (χ3n) is 4.90. The zero-order chi connectivity index (χ0) is 15.2. The van der Waals surface area contributed by atoms with E-state index in [1.54, 1.807) is 7.11 Å². The molecule has 1 heterocycles. The average Bonchev–Trinajstić information content (AvgIpc) is 2.83. The molecule has 0 aromatic rings. The van der Waals surface area contributed by atoms with E-state index in [0.29, 0.717) is 6.42 Å². The third-order valence-corrected chi connectivity index (χ3v) is 4.90. The van der Waals surface area contributed by atoms with Crippen LogP contribution >= 0.6 is 0 Å². The van der Waals surface area contributed by atoms with Crippen LogP contribution in [0.1, 0.15) is 26.7 Å². The lowest BCUT2D eigenvalue weighted by molar-refractivity contribution is -0.218. The number of methoxy groups -OCH3 is 1. The largest absolute Gasteiger partial charge is 0.404 e. The molecule has 116 valence electrons. The maximum absolute atomic E-state index is 13.2. The van der Waals surface area contributed by atoms with Gasteiger partial charge in [-0.25, -0.2) is 0 Å². The van der Waals surface area contributed by atoms with E-state index in [0.717, 1.165) is 0 Å². The standard InChI is InChI=1S/C13H21F3N2O2/c1-11(2)8(6-9(11)20-3)18-10(19)12(13(14,15)16)4-5-17-7-12/h8-9,17H,4-7H2,1-3H3,(H,18,19). The minimum absolute atomic E-state index is 0.0312. The van der Waals surface area contributed by atoms with E-state index in [-0.39, 0.29) is 37.1 Å². The molecule has 1 aliphatic heterocycles. The van der Waals surface area contributed by atoms with Crippen LogP contribution in [0.4, 0.5) is 13.2 Å². The number of hydrogen-bond acceptors (Lipinski definition) is 3. The molecule has 1 saturated carbocycles. The van der Waals surface area contributed by atoms with Crippen LogP contribution in [0, 0.1) is 10.8 Å². The zero-order valence-electron chi connectivity index (χ0n) is 11.9. The van der Waals surface area contributed by atoms with E-state index in [1.165, 1.54) is 0 Å². The van der Waals surface area contributed by atoms with Crippen molar-refractivity contribution in [1.82, 2.24) is 10.6 Å². The molecular weight excluding hydrogens is 273 g/mol. The topological polar surface area (TPSA) is 50.4 Å². The van der Waals surface area contributed by atoms with Crippen LogP contribution in [0.2, 0.25) is 0 Å². The molecule has 1 amide bonds. The monoisotopic (exact) mass is 294 g/mol. The highest BCUT2D eigenvalue weighted by molar-refractivity contribution is 5.84. The molecule has 2 fully saturated rings. The first-order valence-electron chi connectivity index (χ1n) is 6.76. The lowest BCUT2D eigenvalue weighted by atomic mass is 9.64. The number of hydrogen-bond donors (Lipinski definition) is 2. The van der Waals surface area contributed by atoms with Crippen molar-refractivity contribution < 1.29 is 22.7 Å². The quantitative estimate of drug-likeness (QED) is 0.828. The van der Waals surface area contributed by atoms with E-state index in [2.05, 4.69) is 10.6 Å². The number of alkyl halides is 3. The van der Waals surface area contributed by atoms with Gasteiger partial charge in [0.25, 0.3) is 0 Å². The lowest BCUT2D eigenvalue weighted by Gasteiger charge is -2.52. The number of carbonyl (C=O) groups is 1. The SMILES string of the molecule is COC1CC(NC(=O)C2(C(F)(F)F)CCNC2)C1(C)C. The zero-order valence-corrected chi connectivity index (χ0v) is 11.9. The van der Waals surface area contributed by atoms with Crippen molar-refractivity contribution in [3.63, 3.8) is 0 Å². The van der Waals surface area contributed by atoms with Gasteiger partial charge in [-0.15, -0.1) is 0 Å². The molecule has 0 radical (unpaired) electrons. The molecule has 1 saturated heterocycles. The highest BCUT2D eigenvalue weighted by Gasteiger charge is 2.62. The summed E-state index contributed by atoms with van der Waals surface area (Å²) in [6.45, 7) is 3.65. The minimum Gasteiger partial charge on any atom is -0.381 e. The summed E-state index contributed by atoms with van der Waals surface area (Å²) in [4.78, 5) is 12.2. The molecule has 0 spiro atoms. The summed E-state index contributed by atoms with van der Waals surface area (Å²) >= 11 is 0. The van der Waals surface area contributed by atoms with Gasteiger partial charge < -0.3 is 15.4 Å². The van der Waals surface area contributed by atoms with Gasteiger partial charge in [-0.3, -0.25) is 4.79 Å². The van der Waals surface area contributed by atoms with Crippen molar-refractivity contribution >= 4 is 5.91 Å². The van der Waals surface area contributed by atoms with Crippen LogP contribution < -0.4 is 10.6 Å². The van der Waals surface area contributed by atoms with Gasteiger partial charge in [-0.2, -0.15) is 13.2 Å². The Balaban J connectivity index is 2.08. The molecule has 0 bridgehead atoms. The first-order chi connectivity index (χ1) is 9.15. The van der Waals surface area contributed by atoms with Crippen molar-refractivity contribution in [1.29, 1.82) is 0 Å². The smallest absolute Gasteiger partial charge is 0.381 e. The summed E-state index contributed by atoms with van der Waals surface area (Å²) in [5, 5.41) is 5.23. The molecule has 0 aromatic carbocycles.